The summed E-state index contributed by atoms with van der Waals surface area (Å²) in [5, 5.41) is 4.35. The van der Waals surface area contributed by atoms with Crippen LogP contribution in [0.5, 0.6) is 11.5 Å². The monoisotopic (exact) mass is 499 g/mol. The molecule has 180 valence electrons. The number of rotatable bonds is 7. The quantitative estimate of drug-likeness (QED) is 0.283. The van der Waals surface area contributed by atoms with Gasteiger partial charge in [-0.3, -0.25) is 4.79 Å². The zero-order chi connectivity index (χ0) is 25.0. The highest BCUT2D eigenvalue weighted by Gasteiger charge is 2.34. The molecule has 0 saturated carbocycles. The maximum absolute atomic E-state index is 13.4. The molecule has 0 aliphatic carbocycles. The number of carbonyl (C=O) groups excluding carboxylic acids is 1. The Labute approximate surface area is 205 Å². The van der Waals surface area contributed by atoms with Crippen LogP contribution in [0.1, 0.15) is 28.4 Å². The Morgan fingerprint density at radius 1 is 0.914 bits per heavy atom. The summed E-state index contributed by atoms with van der Waals surface area (Å²) >= 11 is 5.72. The number of nitrogens with one attached hydrogen (secondary N) is 1. The van der Waals surface area contributed by atoms with Crippen molar-refractivity contribution in [3.8, 4) is 11.5 Å². The summed E-state index contributed by atoms with van der Waals surface area (Å²) in [6.07, 6.45) is -4.68. The number of amides is 1. The number of halogens is 4. The van der Waals surface area contributed by atoms with Gasteiger partial charge in [0.05, 0.1) is 17.9 Å². The largest absolute Gasteiger partial charge is 0.493 e. The molecule has 4 aromatic rings. The van der Waals surface area contributed by atoms with Crippen LogP contribution < -0.4 is 14.8 Å². The standard InChI is InChI=1S/C27H21ClF3NO3/c1-2-34-25-12-8-19(26(33)32-24-11-9-21(28)15-23(24)27(29,30)31)13-20(25)16-35-22-10-7-17-5-3-4-6-18(17)14-22/h3-15H,2,16H2,1H3,(H,32,33). The van der Waals surface area contributed by atoms with Gasteiger partial charge < -0.3 is 14.8 Å². The van der Waals surface area contributed by atoms with E-state index < -0.39 is 17.6 Å². The predicted molar refractivity (Wildman–Crippen MR) is 130 cm³/mol. The lowest BCUT2D eigenvalue weighted by atomic mass is 10.1. The van der Waals surface area contributed by atoms with Crippen molar-refractivity contribution in [1.29, 1.82) is 0 Å². The second-order valence-corrected chi connectivity index (χ2v) is 8.13. The van der Waals surface area contributed by atoms with Crippen LogP contribution in [0.3, 0.4) is 0 Å². The van der Waals surface area contributed by atoms with Gasteiger partial charge in [-0.25, -0.2) is 0 Å². The Balaban J connectivity index is 1.57. The molecule has 4 rings (SSSR count). The molecule has 8 heteroatoms. The third-order valence-corrected chi connectivity index (χ3v) is 5.51. The summed E-state index contributed by atoms with van der Waals surface area (Å²) in [5.74, 6) is 0.456. The van der Waals surface area contributed by atoms with Crippen LogP contribution in [0.4, 0.5) is 18.9 Å². The lowest BCUT2D eigenvalue weighted by molar-refractivity contribution is -0.136. The Morgan fingerprint density at radius 2 is 1.69 bits per heavy atom. The molecule has 0 fully saturated rings. The molecular weight excluding hydrogens is 479 g/mol. The average molecular weight is 500 g/mol. The highest BCUT2D eigenvalue weighted by atomic mass is 35.5. The SMILES string of the molecule is CCOc1ccc(C(=O)Nc2ccc(Cl)cc2C(F)(F)F)cc1COc1ccc2ccccc2c1. The van der Waals surface area contributed by atoms with Crippen LogP contribution in [0, 0.1) is 0 Å². The third kappa shape index (κ3) is 5.87. The van der Waals surface area contributed by atoms with Gasteiger partial charge in [0.15, 0.2) is 0 Å². The number of benzene rings is 4. The van der Waals surface area contributed by atoms with E-state index in [9.17, 15) is 18.0 Å². The first kappa shape index (κ1) is 24.4. The van der Waals surface area contributed by atoms with Gasteiger partial charge in [-0.05, 0) is 66.2 Å². The molecule has 0 radical (unpaired) electrons. The van der Waals surface area contributed by atoms with Gasteiger partial charge in [0.1, 0.15) is 18.1 Å². The normalized spacial score (nSPS) is 11.3. The zero-order valence-electron chi connectivity index (χ0n) is 18.7. The molecule has 4 nitrogen and oxygen atoms in total. The lowest BCUT2D eigenvalue weighted by Gasteiger charge is -2.16. The van der Waals surface area contributed by atoms with Gasteiger partial charge in [0, 0.05) is 16.1 Å². The van der Waals surface area contributed by atoms with Crippen molar-refractivity contribution in [2.45, 2.75) is 19.7 Å². The molecule has 0 aliphatic rings. The fourth-order valence-electron chi connectivity index (χ4n) is 3.60. The van der Waals surface area contributed by atoms with Gasteiger partial charge in [-0.1, -0.05) is 41.9 Å². The highest BCUT2D eigenvalue weighted by Crippen LogP contribution is 2.37. The van der Waals surface area contributed by atoms with Crippen molar-refractivity contribution in [1.82, 2.24) is 0 Å². The highest BCUT2D eigenvalue weighted by molar-refractivity contribution is 6.30. The summed E-state index contributed by atoms with van der Waals surface area (Å²) < 4.78 is 51.8. The number of ether oxygens (including phenoxy) is 2. The van der Waals surface area contributed by atoms with E-state index in [0.717, 1.165) is 22.9 Å². The number of hydrogen-bond acceptors (Lipinski definition) is 3. The molecule has 0 aromatic heterocycles. The summed E-state index contributed by atoms with van der Waals surface area (Å²) in [6.45, 7) is 2.32. The van der Waals surface area contributed by atoms with Crippen molar-refractivity contribution < 1.29 is 27.4 Å². The minimum atomic E-state index is -4.68. The minimum Gasteiger partial charge on any atom is -0.493 e. The van der Waals surface area contributed by atoms with Crippen LogP contribution >= 0.6 is 11.6 Å². The van der Waals surface area contributed by atoms with Crippen molar-refractivity contribution in [3.63, 3.8) is 0 Å². The molecule has 4 aromatic carbocycles. The molecule has 1 amide bonds. The number of fused-ring (bicyclic) bond motifs is 1. The Kier molecular flexibility index (Phi) is 7.17. The molecule has 0 bridgehead atoms. The van der Waals surface area contributed by atoms with Crippen molar-refractivity contribution in [2.75, 3.05) is 11.9 Å². The van der Waals surface area contributed by atoms with Crippen molar-refractivity contribution in [3.05, 3.63) is 101 Å². The van der Waals surface area contributed by atoms with Crippen LogP contribution in [0.25, 0.3) is 10.8 Å². The average Bonchev–Trinajstić information content (AvgIpc) is 2.84. The molecule has 0 spiro atoms. The topological polar surface area (TPSA) is 47.6 Å². The molecule has 0 aliphatic heterocycles. The fourth-order valence-corrected chi connectivity index (χ4v) is 3.77. The molecule has 1 N–H and O–H groups in total. The third-order valence-electron chi connectivity index (χ3n) is 5.27. The van der Waals surface area contributed by atoms with Gasteiger partial charge in [-0.2, -0.15) is 13.2 Å². The Bertz CT molecular complexity index is 1370. The van der Waals surface area contributed by atoms with Crippen LogP contribution in [-0.2, 0) is 12.8 Å². The molecular formula is C27H21ClF3NO3. The summed E-state index contributed by atoms with van der Waals surface area (Å²) in [6, 6.07) is 21.4. The second-order valence-electron chi connectivity index (χ2n) is 7.69. The molecule has 0 saturated heterocycles. The van der Waals surface area contributed by atoms with E-state index in [1.165, 1.54) is 12.1 Å². The van der Waals surface area contributed by atoms with E-state index in [-0.39, 0.29) is 22.9 Å². The first-order valence-electron chi connectivity index (χ1n) is 10.8. The van der Waals surface area contributed by atoms with Crippen LogP contribution in [0.2, 0.25) is 5.02 Å². The van der Waals surface area contributed by atoms with Crippen molar-refractivity contribution >= 4 is 34.0 Å². The zero-order valence-corrected chi connectivity index (χ0v) is 19.4. The molecule has 0 heterocycles. The molecule has 0 atom stereocenters. The van der Waals surface area contributed by atoms with E-state index in [4.69, 9.17) is 21.1 Å². The van der Waals surface area contributed by atoms with E-state index >= 15 is 0 Å². The second kappa shape index (κ2) is 10.3. The van der Waals surface area contributed by atoms with E-state index in [0.29, 0.717) is 23.7 Å². The summed E-state index contributed by atoms with van der Waals surface area (Å²) in [5.41, 5.74) is -0.660. The minimum absolute atomic E-state index is 0.0792. The Morgan fingerprint density at radius 3 is 2.43 bits per heavy atom. The van der Waals surface area contributed by atoms with E-state index in [2.05, 4.69) is 5.32 Å². The van der Waals surface area contributed by atoms with Gasteiger partial charge >= 0.3 is 6.18 Å². The van der Waals surface area contributed by atoms with Crippen LogP contribution in [0.15, 0.2) is 78.9 Å². The number of alkyl halides is 3. The maximum Gasteiger partial charge on any atom is 0.418 e. The van der Waals surface area contributed by atoms with E-state index in [1.54, 1.807) is 12.1 Å². The van der Waals surface area contributed by atoms with Crippen LogP contribution in [-0.4, -0.2) is 12.5 Å². The van der Waals surface area contributed by atoms with Crippen molar-refractivity contribution in [2.24, 2.45) is 0 Å². The van der Waals surface area contributed by atoms with Gasteiger partial charge in [0.25, 0.3) is 5.91 Å². The smallest absolute Gasteiger partial charge is 0.418 e. The molecule has 35 heavy (non-hydrogen) atoms. The Hall–Kier alpha value is -3.71. The number of anilines is 1. The first-order chi connectivity index (χ1) is 16.7. The van der Waals surface area contributed by atoms with E-state index in [1.807, 2.05) is 49.4 Å². The number of hydrogen-bond donors (Lipinski definition) is 1. The predicted octanol–water partition coefficient (Wildman–Crippen LogP) is 7.74. The lowest BCUT2D eigenvalue weighted by Crippen LogP contribution is -2.17. The maximum atomic E-state index is 13.4. The number of carbonyl (C=O) groups is 1. The summed E-state index contributed by atoms with van der Waals surface area (Å²) in [4.78, 5) is 12.8. The first-order valence-corrected chi connectivity index (χ1v) is 11.2. The van der Waals surface area contributed by atoms with Gasteiger partial charge in [-0.15, -0.1) is 0 Å². The molecule has 0 unspecified atom stereocenters. The fraction of sp³-hybridized carbons (Fsp3) is 0.148. The van der Waals surface area contributed by atoms with Gasteiger partial charge in [0.2, 0.25) is 0 Å². The summed E-state index contributed by atoms with van der Waals surface area (Å²) in [7, 11) is 0.